The minimum absolute atomic E-state index is 0.0365. The first-order chi connectivity index (χ1) is 12.3. The summed E-state index contributed by atoms with van der Waals surface area (Å²) in [6.45, 7) is 3.73. The Balaban J connectivity index is 1.54. The Bertz CT molecular complexity index is 992. The summed E-state index contributed by atoms with van der Waals surface area (Å²) in [6.07, 6.45) is 4.49. The maximum Gasteiger partial charge on any atom is 0.121 e. The standard InChI is InChI=1S/C18H19N7/c1-11-16(21-9-19-11)18-17-14(20-10-22-17)6-7-25(18)8-15-23-12-4-2-3-5-13(12)24-15/h2-5,9-10,18H,6-8H2,1H3,(H,19,21)(H,20,22)(H,23,24)/t18-/m1/s1. The lowest BCUT2D eigenvalue weighted by Crippen LogP contribution is -2.36. The molecule has 4 heterocycles. The van der Waals surface area contributed by atoms with Gasteiger partial charge < -0.3 is 15.0 Å². The number of hydrogen-bond acceptors (Lipinski definition) is 4. The third-order valence-electron chi connectivity index (χ3n) is 4.94. The molecule has 0 spiro atoms. The SMILES string of the molecule is Cc1[nH]cnc1[C@@H]1c2nc[nH]c2CCN1Cc1nc2ccccc2[nH]1. The number of imidazole rings is 3. The van der Waals surface area contributed by atoms with Crippen molar-refractivity contribution < 1.29 is 0 Å². The van der Waals surface area contributed by atoms with Crippen molar-refractivity contribution in [1.29, 1.82) is 0 Å². The van der Waals surface area contributed by atoms with Crippen molar-refractivity contribution in [2.75, 3.05) is 6.54 Å². The highest BCUT2D eigenvalue weighted by molar-refractivity contribution is 5.74. The molecule has 0 fully saturated rings. The van der Waals surface area contributed by atoms with Gasteiger partial charge in [0.2, 0.25) is 0 Å². The Kier molecular flexibility index (Phi) is 3.21. The molecule has 0 saturated carbocycles. The summed E-state index contributed by atoms with van der Waals surface area (Å²) in [6, 6.07) is 8.17. The van der Waals surface area contributed by atoms with Crippen LogP contribution in [0.5, 0.6) is 0 Å². The van der Waals surface area contributed by atoms with Crippen LogP contribution in [0.1, 0.15) is 34.6 Å². The number of rotatable bonds is 3. The van der Waals surface area contributed by atoms with E-state index in [-0.39, 0.29) is 6.04 Å². The average Bonchev–Trinajstić information content (AvgIpc) is 3.33. The molecule has 4 aromatic rings. The number of nitrogens with zero attached hydrogens (tertiary/aromatic N) is 4. The largest absolute Gasteiger partial charge is 0.348 e. The van der Waals surface area contributed by atoms with Crippen molar-refractivity contribution >= 4 is 11.0 Å². The Labute approximate surface area is 144 Å². The number of nitrogens with one attached hydrogen (secondary N) is 3. The number of para-hydroxylation sites is 2. The van der Waals surface area contributed by atoms with Crippen LogP contribution in [0.2, 0.25) is 0 Å². The van der Waals surface area contributed by atoms with Crippen molar-refractivity contribution in [3.63, 3.8) is 0 Å². The van der Waals surface area contributed by atoms with Gasteiger partial charge in [-0.1, -0.05) is 12.1 Å². The van der Waals surface area contributed by atoms with E-state index < -0.39 is 0 Å². The van der Waals surface area contributed by atoms with Crippen LogP contribution in [0.25, 0.3) is 11.0 Å². The van der Waals surface area contributed by atoms with Crippen LogP contribution in [0, 0.1) is 6.92 Å². The van der Waals surface area contributed by atoms with Gasteiger partial charge in [-0.05, 0) is 19.1 Å². The molecule has 25 heavy (non-hydrogen) atoms. The van der Waals surface area contributed by atoms with Gasteiger partial charge in [-0.25, -0.2) is 15.0 Å². The van der Waals surface area contributed by atoms with E-state index in [0.29, 0.717) is 0 Å². The summed E-state index contributed by atoms with van der Waals surface area (Å²) < 4.78 is 0. The van der Waals surface area contributed by atoms with Crippen molar-refractivity contribution in [3.8, 4) is 0 Å². The van der Waals surface area contributed by atoms with Crippen LogP contribution in [-0.4, -0.2) is 41.3 Å². The van der Waals surface area contributed by atoms with Crippen molar-refractivity contribution in [2.45, 2.75) is 25.9 Å². The first-order valence-corrected chi connectivity index (χ1v) is 8.49. The summed E-state index contributed by atoms with van der Waals surface area (Å²) in [5, 5.41) is 0. The number of hydrogen-bond donors (Lipinski definition) is 3. The number of aryl methyl sites for hydroxylation is 1. The lowest BCUT2D eigenvalue weighted by molar-refractivity contribution is 0.192. The maximum absolute atomic E-state index is 4.73. The molecule has 0 unspecified atom stereocenters. The van der Waals surface area contributed by atoms with E-state index in [0.717, 1.165) is 53.4 Å². The van der Waals surface area contributed by atoms with Crippen LogP contribution < -0.4 is 0 Å². The second kappa shape index (κ2) is 5.56. The van der Waals surface area contributed by atoms with Gasteiger partial charge in [0.1, 0.15) is 5.82 Å². The van der Waals surface area contributed by atoms with Crippen LogP contribution >= 0.6 is 0 Å². The summed E-state index contributed by atoms with van der Waals surface area (Å²) in [4.78, 5) is 26.2. The number of aromatic amines is 3. The van der Waals surface area contributed by atoms with Gasteiger partial charge in [0.15, 0.2) is 0 Å². The molecule has 0 radical (unpaired) electrons. The monoisotopic (exact) mass is 333 g/mol. The Morgan fingerprint density at radius 2 is 1.96 bits per heavy atom. The molecule has 7 nitrogen and oxygen atoms in total. The fourth-order valence-electron chi connectivity index (χ4n) is 3.72. The minimum Gasteiger partial charge on any atom is -0.348 e. The fourth-order valence-corrected chi connectivity index (χ4v) is 3.72. The quantitative estimate of drug-likeness (QED) is 0.537. The van der Waals surface area contributed by atoms with Crippen LogP contribution in [0.4, 0.5) is 0 Å². The van der Waals surface area contributed by atoms with Gasteiger partial charge >= 0.3 is 0 Å². The van der Waals surface area contributed by atoms with Gasteiger partial charge in [0, 0.05) is 24.4 Å². The average molecular weight is 333 g/mol. The zero-order valence-corrected chi connectivity index (χ0v) is 14.0. The molecule has 0 saturated heterocycles. The predicted octanol–water partition coefficient (Wildman–Crippen LogP) is 2.47. The third kappa shape index (κ3) is 2.35. The molecule has 7 heteroatoms. The molecular weight excluding hydrogens is 314 g/mol. The van der Waals surface area contributed by atoms with E-state index in [1.807, 2.05) is 18.2 Å². The number of aromatic nitrogens is 6. The second-order valence-electron chi connectivity index (χ2n) is 6.50. The molecule has 3 aromatic heterocycles. The first kappa shape index (κ1) is 14.4. The number of H-pyrrole nitrogens is 3. The van der Waals surface area contributed by atoms with E-state index in [1.54, 1.807) is 12.7 Å². The highest BCUT2D eigenvalue weighted by atomic mass is 15.2. The highest BCUT2D eigenvalue weighted by Gasteiger charge is 2.33. The molecule has 126 valence electrons. The third-order valence-corrected chi connectivity index (χ3v) is 4.94. The zero-order valence-electron chi connectivity index (χ0n) is 14.0. The Morgan fingerprint density at radius 1 is 1.12 bits per heavy atom. The topological polar surface area (TPSA) is 89.3 Å². The van der Waals surface area contributed by atoms with E-state index in [9.17, 15) is 0 Å². The van der Waals surface area contributed by atoms with Gasteiger partial charge in [0.25, 0.3) is 0 Å². The summed E-state index contributed by atoms with van der Waals surface area (Å²) >= 11 is 0. The molecule has 5 rings (SSSR count). The molecule has 1 aliphatic heterocycles. The van der Waals surface area contributed by atoms with Crippen LogP contribution in [0.15, 0.2) is 36.9 Å². The van der Waals surface area contributed by atoms with Gasteiger partial charge in [-0.15, -0.1) is 0 Å². The van der Waals surface area contributed by atoms with Crippen molar-refractivity contribution in [3.05, 3.63) is 65.5 Å². The highest BCUT2D eigenvalue weighted by Crippen LogP contribution is 2.34. The molecule has 1 atom stereocenters. The number of fused-ring (bicyclic) bond motifs is 2. The van der Waals surface area contributed by atoms with Gasteiger partial charge in [0.05, 0.1) is 47.7 Å². The Morgan fingerprint density at radius 3 is 2.80 bits per heavy atom. The maximum atomic E-state index is 4.73. The summed E-state index contributed by atoms with van der Waals surface area (Å²) in [5.74, 6) is 0.971. The smallest absolute Gasteiger partial charge is 0.121 e. The lowest BCUT2D eigenvalue weighted by Gasteiger charge is -2.33. The molecule has 0 aliphatic carbocycles. The summed E-state index contributed by atoms with van der Waals surface area (Å²) in [7, 11) is 0. The van der Waals surface area contributed by atoms with E-state index in [2.05, 4.69) is 42.8 Å². The summed E-state index contributed by atoms with van der Waals surface area (Å²) in [5.41, 5.74) is 6.45. The van der Waals surface area contributed by atoms with Crippen molar-refractivity contribution in [1.82, 2.24) is 34.8 Å². The molecule has 0 amide bonds. The molecule has 0 bridgehead atoms. The van der Waals surface area contributed by atoms with E-state index in [1.165, 1.54) is 5.69 Å². The van der Waals surface area contributed by atoms with Crippen molar-refractivity contribution in [2.24, 2.45) is 0 Å². The fraction of sp³-hybridized carbons (Fsp3) is 0.278. The van der Waals surface area contributed by atoms with E-state index in [4.69, 9.17) is 4.98 Å². The first-order valence-electron chi connectivity index (χ1n) is 8.49. The molecule has 1 aromatic carbocycles. The second-order valence-corrected chi connectivity index (χ2v) is 6.50. The zero-order chi connectivity index (χ0) is 16.8. The lowest BCUT2D eigenvalue weighted by atomic mass is 9.99. The molecule has 1 aliphatic rings. The predicted molar refractivity (Wildman–Crippen MR) is 94.0 cm³/mol. The normalized spacial score (nSPS) is 17.9. The van der Waals surface area contributed by atoms with Crippen LogP contribution in [-0.2, 0) is 13.0 Å². The van der Waals surface area contributed by atoms with Crippen LogP contribution in [0.3, 0.4) is 0 Å². The number of benzene rings is 1. The van der Waals surface area contributed by atoms with Gasteiger partial charge in [-0.2, -0.15) is 0 Å². The molecular formula is C18H19N7. The van der Waals surface area contributed by atoms with E-state index >= 15 is 0 Å². The van der Waals surface area contributed by atoms with Gasteiger partial charge in [-0.3, -0.25) is 4.90 Å². The molecule has 3 N–H and O–H groups in total. The Hall–Kier alpha value is -2.93. The minimum atomic E-state index is 0.0365.